The first-order valence-corrected chi connectivity index (χ1v) is 11.2. The molecule has 3 N–H and O–H groups in total. The number of amides is 2. The van der Waals surface area contributed by atoms with Gasteiger partial charge < -0.3 is 15.2 Å². The number of fused-ring (bicyclic) bond motifs is 3. The van der Waals surface area contributed by atoms with Gasteiger partial charge in [0.05, 0.1) is 0 Å². The van der Waals surface area contributed by atoms with Crippen molar-refractivity contribution in [3.8, 4) is 11.1 Å². The number of rotatable bonds is 7. The third kappa shape index (κ3) is 4.89. The normalized spacial score (nSPS) is 12.9. The smallest absolute Gasteiger partial charge is 0.411 e. The number of carboxylic acids is 1. The standard InChI is InChI=1S/C26H23ClN2O5/c1-2-23(25(31)32)29-24(30)15-11-16(27)13-17(12-15)28-26(33)34-14-22-20-9-5-3-7-18(20)19-8-4-6-10-21(19)22/h3-13,22-23H,2,14H2,1H3,(H,28,33)(H,29,30)(H,31,32). The van der Waals surface area contributed by atoms with Crippen molar-refractivity contribution in [3.05, 3.63) is 88.4 Å². The summed E-state index contributed by atoms with van der Waals surface area (Å²) in [6, 6.07) is 19.3. The molecule has 0 radical (unpaired) electrons. The zero-order valence-corrected chi connectivity index (χ0v) is 19.1. The molecule has 1 atom stereocenters. The lowest BCUT2D eigenvalue weighted by Gasteiger charge is -2.15. The lowest BCUT2D eigenvalue weighted by atomic mass is 9.98. The van der Waals surface area contributed by atoms with Crippen LogP contribution in [0.2, 0.25) is 5.02 Å². The van der Waals surface area contributed by atoms with E-state index in [-0.39, 0.29) is 35.2 Å². The largest absolute Gasteiger partial charge is 0.480 e. The van der Waals surface area contributed by atoms with Gasteiger partial charge in [0.2, 0.25) is 0 Å². The van der Waals surface area contributed by atoms with Crippen molar-refractivity contribution in [3.63, 3.8) is 0 Å². The minimum absolute atomic E-state index is 0.0825. The van der Waals surface area contributed by atoms with E-state index in [2.05, 4.69) is 22.8 Å². The summed E-state index contributed by atoms with van der Waals surface area (Å²) in [6.45, 7) is 1.80. The highest BCUT2D eigenvalue weighted by Crippen LogP contribution is 2.44. The Bertz CT molecular complexity index is 1210. The summed E-state index contributed by atoms with van der Waals surface area (Å²) >= 11 is 6.12. The average Bonchev–Trinajstić information content (AvgIpc) is 3.14. The number of carbonyl (C=O) groups excluding carboxylic acids is 2. The molecule has 34 heavy (non-hydrogen) atoms. The van der Waals surface area contributed by atoms with Crippen molar-refractivity contribution in [1.82, 2.24) is 5.32 Å². The van der Waals surface area contributed by atoms with Crippen LogP contribution in [0.1, 0.15) is 40.7 Å². The monoisotopic (exact) mass is 478 g/mol. The van der Waals surface area contributed by atoms with Crippen LogP contribution in [0.5, 0.6) is 0 Å². The van der Waals surface area contributed by atoms with Gasteiger partial charge >= 0.3 is 12.1 Å². The van der Waals surface area contributed by atoms with E-state index in [1.165, 1.54) is 18.2 Å². The van der Waals surface area contributed by atoms with Crippen LogP contribution in [0.3, 0.4) is 0 Å². The maximum absolute atomic E-state index is 12.5. The Kier molecular flexibility index (Phi) is 6.84. The molecule has 1 aliphatic rings. The second-order valence-corrected chi connectivity index (χ2v) is 8.39. The summed E-state index contributed by atoms with van der Waals surface area (Å²) in [5, 5.41) is 14.4. The summed E-state index contributed by atoms with van der Waals surface area (Å²) in [5.74, 6) is -1.82. The third-order valence-corrected chi connectivity index (χ3v) is 5.98. The van der Waals surface area contributed by atoms with Gasteiger partial charge in [0.25, 0.3) is 5.91 Å². The van der Waals surface area contributed by atoms with E-state index in [4.69, 9.17) is 21.4 Å². The number of ether oxygens (including phenoxy) is 1. The Morgan fingerprint density at radius 1 is 1.00 bits per heavy atom. The van der Waals surface area contributed by atoms with Crippen LogP contribution in [-0.2, 0) is 9.53 Å². The minimum atomic E-state index is -1.13. The molecule has 174 valence electrons. The SMILES string of the molecule is CCC(NC(=O)c1cc(Cl)cc(NC(=O)OCC2c3ccccc3-c3ccccc32)c1)C(=O)O. The van der Waals surface area contributed by atoms with Crippen LogP contribution in [0, 0.1) is 0 Å². The van der Waals surface area contributed by atoms with Crippen molar-refractivity contribution in [2.45, 2.75) is 25.3 Å². The number of carbonyl (C=O) groups is 3. The summed E-state index contributed by atoms with van der Waals surface area (Å²) in [6.07, 6.45) is -0.459. The van der Waals surface area contributed by atoms with Gasteiger partial charge in [-0.2, -0.15) is 0 Å². The number of hydrogen-bond acceptors (Lipinski definition) is 4. The van der Waals surface area contributed by atoms with Gasteiger partial charge in [-0.1, -0.05) is 67.1 Å². The highest BCUT2D eigenvalue weighted by atomic mass is 35.5. The van der Waals surface area contributed by atoms with E-state index >= 15 is 0 Å². The number of aliphatic carboxylic acids is 1. The van der Waals surface area contributed by atoms with Crippen LogP contribution in [0.25, 0.3) is 11.1 Å². The highest BCUT2D eigenvalue weighted by Gasteiger charge is 2.29. The molecule has 3 aromatic rings. The second kappa shape index (κ2) is 9.97. The van der Waals surface area contributed by atoms with Gasteiger partial charge in [-0.05, 0) is 46.9 Å². The van der Waals surface area contributed by atoms with E-state index in [9.17, 15) is 14.4 Å². The van der Waals surface area contributed by atoms with E-state index in [0.29, 0.717) is 0 Å². The van der Waals surface area contributed by atoms with Gasteiger partial charge in [0, 0.05) is 22.2 Å². The molecule has 0 heterocycles. The number of anilines is 1. The molecular weight excluding hydrogens is 456 g/mol. The molecule has 3 aromatic carbocycles. The lowest BCUT2D eigenvalue weighted by Crippen LogP contribution is -2.40. The van der Waals surface area contributed by atoms with Crippen LogP contribution in [-0.4, -0.2) is 35.7 Å². The molecule has 7 nitrogen and oxygen atoms in total. The molecule has 0 saturated heterocycles. The molecule has 1 unspecified atom stereocenters. The first-order chi connectivity index (χ1) is 16.4. The molecule has 1 aliphatic carbocycles. The number of benzene rings is 3. The van der Waals surface area contributed by atoms with E-state index in [0.717, 1.165) is 22.3 Å². The van der Waals surface area contributed by atoms with Gasteiger partial charge in [-0.3, -0.25) is 10.1 Å². The van der Waals surface area contributed by atoms with Crippen LogP contribution >= 0.6 is 11.6 Å². The van der Waals surface area contributed by atoms with Crippen LogP contribution in [0.4, 0.5) is 10.5 Å². The van der Waals surface area contributed by atoms with Crippen molar-refractivity contribution >= 4 is 35.3 Å². The molecule has 0 aromatic heterocycles. The van der Waals surface area contributed by atoms with Gasteiger partial charge in [-0.25, -0.2) is 9.59 Å². The summed E-state index contributed by atoms with van der Waals surface area (Å²) in [7, 11) is 0. The van der Waals surface area contributed by atoms with Crippen molar-refractivity contribution in [2.24, 2.45) is 0 Å². The maximum Gasteiger partial charge on any atom is 0.411 e. The van der Waals surface area contributed by atoms with Gasteiger partial charge in [-0.15, -0.1) is 0 Å². The molecule has 0 aliphatic heterocycles. The van der Waals surface area contributed by atoms with Crippen molar-refractivity contribution in [2.75, 3.05) is 11.9 Å². The molecule has 0 spiro atoms. The Morgan fingerprint density at radius 3 is 2.21 bits per heavy atom. The fourth-order valence-corrected chi connectivity index (χ4v) is 4.36. The zero-order chi connectivity index (χ0) is 24.2. The van der Waals surface area contributed by atoms with E-state index in [1.807, 2.05) is 36.4 Å². The summed E-state index contributed by atoms with van der Waals surface area (Å²) in [5.41, 5.74) is 4.84. The number of carboxylic acid groups (broad SMARTS) is 1. The maximum atomic E-state index is 12.5. The van der Waals surface area contributed by atoms with E-state index in [1.54, 1.807) is 6.92 Å². The van der Waals surface area contributed by atoms with E-state index < -0.39 is 24.0 Å². The second-order valence-electron chi connectivity index (χ2n) is 7.95. The molecule has 0 bridgehead atoms. The van der Waals surface area contributed by atoms with Crippen LogP contribution < -0.4 is 10.6 Å². The molecule has 0 fully saturated rings. The molecule has 4 rings (SSSR count). The highest BCUT2D eigenvalue weighted by molar-refractivity contribution is 6.31. The van der Waals surface area contributed by atoms with Gasteiger partial charge in [0.15, 0.2) is 0 Å². The minimum Gasteiger partial charge on any atom is -0.480 e. The number of hydrogen-bond donors (Lipinski definition) is 3. The topological polar surface area (TPSA) is 105 Å². The van der Waals surface area contributed by atoms with Crippen molar-refractivity contribution in [1.29, 1.82) is 0 Å². The molecule has 0 saturated carbocycles. The Hall–Kier alpha value is -3.84. The molecular formula is C26H23ClN2O5. The Morgan fingerprint density at radius 2 is 1.62 bits per heavy atom. The first-order valence-electron chi connectivity index (χ1n) is 10.8. The summed E-state index contributed by atoms with van der Waals surface area (Å²) < 4.78 is 5.53. The Labute approximate surface area is 201 Å². The third-order valence-electron chi connectivity index (χ3n) is 5.76. The predicted molar refractivity (Wildman–Crippen MR) is 129 cm³/mol. The lowest BCUT2D eigenvalue weighted by molar-refractivity contribution is -0.139. The van der Waals surface area contributed by atoms with Gasteiger partial charge in [0.1, 0.15) is 12.6 Å². The Balaban J connectivity index is 1.44. The fraction of sp³-hybridized carbons (Fsp3) is 0.192. The van der Waals surface area contributed by atoms with Crippen molar-refractivity contribution < 1.29 is 24.2 Å². The number of halogens is 1. The quantitative estimate of drug-likeness (QED) is 0.427. The first kappa shape index (κ1) is 23.3. The average molecular weight is 479 g/mol. The fourth-order valence-electron chi connectivity index (χ4n) is 4.13. The molecule has 2 amide bonds. The number of nitrogens with one attached hydrogen (secondary N) is 2. The summed E-state index contributed by atoms with van der Waals surface area (Å²) in [4.78, 5) is 36.2. The van der Waals surface area contributed by atoms with Crippen LogP contribution in [0.15, 0.2) is 66.7 Å². The zero-order valence-electron chi connectivity index (χ0n) is 18.4. The predicted octanol–water partition coefficient (Wildman–Crippen LogP) is 5.29. The molecule has 8 heteroatoms.